The standard InChI is InChI=1S/C18H27N5O2/c1-12-15(10-20-13(2)21-12)18(25)22-8-6-16-14(11-22)4-5-17(24)23(16)9-7-19-3/h10,14,16,19H,4-9,11H2,1-3H3/t14-,16+/m0/s1. The summed E-state index contributed by atoms with van der Waals surface area (Å²) in [4.78, 5) is 37.6. The zero-order chi connectivity index (χ0) is 18.0. The predicted octanol–water partition coefficient (Wildman–Crippen LogP) is 0.766. The van der Waals surface area contributed by atoms with E-state index in [1.165, 1.54) is 0 Å². The van der Waals surface area contributed by atoms with Gasteiger partial charge in [-0.25, -0.2) is 9.97 Å². The first-order chi connectivity index (χ1) is 12.0. The quantitative estimate of drug-likeness (QED) is 0.872. The second-order valence-electron chi connectivity index (χ2n) is 7.01. The van der Waals surface area contributed by atoms with Crippen molar-refractivity contribution in [1.29, 1.82) is 0 Å². The Bertz CT molecular complexity index is 663. The Morgan fingerprint density at radius 2 is 2.16 bits per heavy atom. The van der Waals surface area contributed by atoms with Crippen molar-refractivity contribution in [3.05, 3.63) is 23.3 Å². The zero-order valence-corrected chi connectivity index (χ0v) is 15.3. The summed E-state index contributed by atoms with van der Waals surface area (Å²) in [6.45, 7) is 6.61. The Balaban J connectivity index is 1.70. The molecule has 0 spiro atoms. The van der Waals surface area contributed by atoms with Gasteiger partial charge in [0.2, 0.25) is 5.91 Å². The molecule has 3 heterocycles. The van der Waals surface area contributed by atoms with Crippen molar-refractivity contribution in [3.63, 3.8) is 0 Å². The average molecular weight is 345 g/mol. The number of carbonyl (C=O) groups excluding carboxylic acids is 2. The van der Waals surface area contributed by atoms with Gasteiger partial charge < -0.3 is 15.1 Å². The Morgan fingerprint density at radius 3 is 2.88 bits per heavy atom. The lowest BCUT2D eigenvalue weighted by atomic mass is 9.83. The fourth-order valence-electron chi connectivity index (χ4n) is 4.02. The molecule has 1 aromatic heterocycles. The van der Waals surface area contributed by atoms with Crippen molar-refractivity contribution >= 4 is 11.8 Å². The number of rotatable bonds is 4. The molecule has 0 radical (unpaired) electrons. The third kappa shape index (κ3) is 3.66. The van der Waals surface area contributed by atoms with Crippen LogP contribution in [0.15, 0.2) is 6.20 Å². The first-order valence-electron chi connectivity index (χ1n) is 9.05. The van der Waals surface area contributed by atoms with Crippen molar-refractivity contribution in [3.8, 4) is 0 Å². The second kappa shape index (κ2) is 7.47. The van der Waals surface area contributed by atoms with Crippen LogP contribution in [0.4, 0.5) is 0 Å². The minimum Gasteiger partial charge on any atom is -0.338 e. The Labute approximate surface area is 148 Å². The maximum Gasteiger partial charge on any atom is 0.257 e. The maximum atomic E-state index is 12.9. The van der Waals surface area contributed by atoms with E-state index in [9.17, 15) is 9.59 Å². The number of hydrogen-bond acceptors (Lipinski definition) is 5. The fourth-order valence-corrected chi connectivity index (χ4v) is 4.02. The molecule has 2 amide bonds. The van der Waals surface area contributed by atoms with Gasteiger partial charge in [-0.05, 0) is 39.7 Å². The van der Waals surface area contributed by atoms with Gasteiger partial charge in [-0.15, -0.1) is 0 Å². The minimum absolute atomic E-state index is 0.00891. The fraction of sp³-hybridized carbons (Fsp3) is 0.667. The molecular weight excluding hydrogens is 318 g/mol. The van der Waals surface area contributed by atoms with E-state index in [0.29, 0.717) is 36.8 Å². The molecule has 0 saturated carbocycles. The summed E-state index contributed by atoms with van der Waals surface area (Å²) in [5.74, 6) is 1.30. The van der Waals surface area contributed by atoms with Crippen LogP contribution in [0.3, 0.4) is 0 Å². The predicted molar refractivity (Wildman–Crippen MR) is 94.2 cm³/mol. The molecule has 2 fully saturated rings. The molecule has 1 N–H and O–H groups in total. The van der Waals surface area contributed by atoms with E-state index in [2.05, 4.69) is 15.3 Å². The monoisotopic (exact) mass is 345 g/mol. The second-order valence-corrected chi connectivity index (χ2v) is 7.01. The molecule has 0 unspecified atom stereocenters. The van der Waals surface area contributed by atoms with Gasteiger partial charge in [0.25, 0.3) is 5.91 Å². The molecule has 2 saturated heterocycles. The summed E-state index contributed by atoms with van der Waals surface area (Å²) in [6.07, 6.45) is 3.93. The Hall–Kier alpha value is -2.02. The van der Waals surface area contributed by atoms with Gasteiger partial charge >= 0.3 is 0 Å². The van der Waals surface area contributed by atoms with E-state index >= 15 is 0 Å². The van der Waals surface area contributed by atoms with Gasteiger partial charge in [0.15, 0.2) is 0 Å². The summed E-state index contributed by atoms with van der Waals surface area (Å²) in [7, 11) is 1.90. The molecule has 136 valence electrons. The summed E-state index contributed by atoms with van der Waals surface area (Å²) in [5.41, 5.74) is 1.32. The topological polar surface area (TPSA) is 78.4 Å². The van der Waals surface area contributed by atoms with Gasteiger partial charge in [-0.1, -0.05) is 0 Å². The van der Waals surface area contributed by atoms with E-state index in [1.807, 2.05) is 30.7 Å². The SMILES string of the molecule is CNCCN1C(=O)CC[C@H]2CN(C(=O)c3cnc(C)nc3C)CC[C@H]21. The number of aryl methyl sites for hydroxylation is 2. The first-order valence-corrected chi connectivity index (χ1v) is 9.05. The molecule has 0 aliphatic carbocycles. The zero-order valence-electron chi connectivity index (χ0n) is 15.3. The summed E-state index contributed by atoms with van der Waals surface area (Å²) in [6, 6.07) is 0.258. The number of likely N-dealkylation sites (tertiary alicyclic amines) is 2. The summed E-state index contributed by atoms with van der Waals surface area (Å²) in [5, 5.41) is 3.12. The molecule has 1 aromatic rings. The number of nitrogens with one attached hydrogen (secondary N) is 1. The number of likely N-dealkylation sites (N-methyl/N-ethyl adjacent to an activating group) is 1. The van der Waals surface area contributed by atoms with Crippen LogP contribution >= 0.6 is 0 Å². The molecule has 2 aliphatic heterocycles. The highest BCUT2D eigenvalue weighted by Gasteiger charge is 2.40. The van der Waals surface area contributed by atoms with Crippen molar-refractivity contribution < 1.29 is 9.59 Å². The minimum atomic E-state index is 0.00891. The van der Waals surface area contributed by atoms with Crippen molar-refractivity contribution in [1.82, 2.24) is 25.1 Å². The van der Waals surface area contributed by atoms with Crippen LogP contribution < -0.4 is 5.32 Å². The largest absolute Gasteiger partial charge is 0.338 e. The molecule has 2 atom stereocenters. The lowest BCUT2D eigenvalue weighted by molar-refractivity contribution is -0.140. The number of amides is 2. The molecule has 0 bridgehead atoms. The van der Waals surface area contributed by atoms with E-state index in [1.54, 1.807) is 6.20 Å². The number of hydrogen-bond donors (Lipinski definition) is 1. The van der Waals surface area contributed by atoms with E-state index in [0.717, 1.165) is 31.6 Å². The number of carbonyl (C=O) groups is 2. The van der Waals surface area contributed by atoms with Crippen LogP contribution in [0.2, 0.25) is 0 Å². The highest BCUT2D eigenvalue weighted by atomic mass is 16.2. The third-order valence-electron chi connectivity index (χ3n) is 5.36. The molecule has 2 aliphatic rings. The average Bonchev–Trinajstić information content (AvgIpc) is 2.60. The molecule has 7 heteroatoms. The van der Waals surface area contributed by atoms with Gasteiger partial charge in [0.1, 0.15) is 5.82 Å². The van der Waals surface area contributed by atoms with Crippen molar-refractivity contribution in [2.75, 3.05) is 33.2 Å². The number of aromatic nitrogens is 2. The third-order valence-corrected chi connectivity index (χ3v) is 5.36. The Kier molecular flexibility index (Phi) is 5.32. The van der Waals surface area contributed by atoms with Crippen LogP contribution in [-0.4, -0.2) is 70.9 Å². The molecule has 3 rings (SSSR count). The summed E-state index contributed by atoms with van der Waals surface area (Å²) >= 11 is 0. The van der Waals surface area contributed by atoms with E-state index in [-0.39, 0.29) is 17.9 Å². The highest BCUT2D eigenvalue weighted by molar-refractivity contribution is 5.95. The number of fused-ring (bicyclic) bond motifs is 1. The van der Waals surface area contributed by atoms with Crippen LogP contribution in [0, 0.1) is 19.8 Å². The Morgan fingerprint density at radius 1 is 1.36 bits per heavy atom. The number of nitrogens with zero attached hydrogens (tertiary/aromatic N) is 4. The molecule has 0 aromatic carbocycles. The van der Waals surface area contributed by atoms with Gasteiger partial charge in [0, 0.05) is 44.8 Å². The molecule has 7 nitrogen and oxygen atoms in total. The lowest BCUT2D eigenvalue weighted by Crippen LogP contribution is -2.57. The highest BCUT2D eigenvalue weighted by Crippen LogP contribution is 2.31. The first kappa shape index (κ1) is 17.8. The van der Waals surface area contributed by atoms with Crippen molar-refractivity contribution in [2.45, 2.75) is 39.2 Å². The van der Waals surface area contributed by atoms with Gasteiger partial charge in [0.05, 0.1) is 11.3 Å². The number of piperidine rings is 2. The molecule has 25 heavy (non-hydrogen) atoms. The van der Waals surface area contributed by atoms with Crippen LogP contribution in [0.1, 0.15) is 41.1 Å². The van der Waals surface area contributed by atoms with Crippen LogP contribution in [0.25, 0.3) is 0 Å². The smallest absolute Gasteiger partial charge is 0.257 e. The van der Waals surface area contributed by atoms with Crippen LogP contribution in [0.5, 0.6) is 0 Å². The van der Waals surface area contributed by atoms with Crippen molar-refractivity contribution in [2.24, 2.45) is 5.92 Å². The van der Waals surface area contributed by atoms with E-state index in [4.69, 9.17) is 0 Å². The van der Waals surface area contributed by atoms with Gasteiger partial charge in [-0.3, -0.25) is 9.59 Å². The maximum absolute atomic E-state index is 12.9. The van der Waals surface area contributed by atoms with E-state index < -0.39 is 0 Å². The summed E-state index contributed by atoms with van der Waals surface area (Å²) < 4.78 is 0. The van der Waals surface area contributed by atoms with Crippen LogP contribution in [-0.2, 0) is 4.79 Å². The van der Waals surface area contributed by atoms with Gasteiger partial charge in [-0.2, -0.15) is 0 Å². The normalized spacial score (nSPS) is 23.6. The molecular formula is C18H27N5O2. The lowest BCUT2D eigenvalue weighted by Gasteiger charge is -2.47.